The largest absolute Gasteiger partial charge is 0.342 e. The van der Waals surface area contributed by atoms with Gasteiger partial charge in [-0.15, -0.1) is 0 Å². The molecule has 3 heterocycles. The molecule has 0 bridgehead atoms. The van der Waals surface area contributed by atoms with Crippen LogP contribution in [0.1, 0.15) is 39.3 Å². The molecule has 3 amide bonds. The Balaban J connectivity index is 1.39. The van der Waals surface area contributed by atoms with Gasteiger partial charge in [-0.1, -0.05) is 12.1 Å². The summed E-state index contributed by atoms with van der Waals surface area (Å²) in [6, 6.07) is 9.02. The lowest BCUT2D eigenvalue weighted by Crippen LogP contribution is -2.49. The number of rotatable bonds is 3. The summed E-state index contributed by atoms with van der Waals surface area (Å²) in [5.74, 6) is -1.12. The van der Waals surface area contributed by atoms with Gasteiger partial charge in [-0.3, -0.25) is 24.3 Å². The first kappa shape index (κ1) is 17.3. The number of carbonyl (C=O) groups excluding carboxylic acids is 3. The van der Waals surface area contributed by atoms with Gasteiger partial charge in [-0.2, -0.15) is 0 Å². The number of hydrogen-bond donors (Lipinski definition) is 0. The van der Waals surface area contributed by atoms with E-state index in [2.05, 4.69) is 4.98 Å². The lowest BCUT2D eigenvalue weighted by Gasteiger charge is -2.35. The topological polar surface area (TPSA) is 70.6 Å². The van der Waals surface area contributed by atoms with Gasteiger partial charge in [0.05, 0.1) is 12.0 Å². The van der Waals surface area contributed by atoms with Crippen molar-refractivity contribution < 1.29 is 18.8 Å². The number of hydrogen-bond acceptors (Lipinski definition) is 4. The van der Waals surface area contributed by atoms with Crippen molar-refractivity contribution in [1.82, 2.24) is 14.8 Å². The summed E-state index contributed by atoms with van der Waals surface area (Å²) in [6.07, 6.45) is 2.70. The van der Waals surface area contributed by atoms with E-state index in [1.54, 1.807) is 29.2 Å². The molecule has 27 heavy (non-hydrogen) atoms. The van der Waals surface area contributed by atoms with Crippen molar-refractivity contribution in [2.45, 2.75) is 25.3 Å². The number of aromatic nitrogens is 1. The minimum atomic E-state index is -0.363. The van der Waals surface area contributed by atoms with Crippen LogP contribution in [0.15, 0.2) is 42.6 Å². The Bertz CT molecular complexity index is 887. The number of likely N-dealkylation sites (tertiary alicyclic amines) is 1. The zero-order valence-electron chi connectivity index (χ0n) is 14.6. The van der Waals surface area contributed by atoms with E-state index in [4.69, 9.17) is 0 Å². The van der Waals surface area contributed by atoms with Crippen molar-refractivity contribution in [3.8, 4) is 0 Å². The van der Waals surface area contributed by atoms with Gasteiger partial charge < -0.3 is 4.90 Å². The molecule has 1 aromatic carbocycles. The summed E-state index contributed by atoms with van der Waals surface area (Å²) in [4.78, 5) is 44.5. The molecule has 138 valence electrons. The maximum atomic E-state index is 13.3. The molecule has 1 aromatic heterocycles. The molecule has 6 nitrogen and oxygen atoms in total. The molecule has 0 aliphatic carbocycles. The van der Waals surface area contributed by atoms with Crippen LogP contribution in [0.4, 0.5) is 4.39 Å². The Labute approximate surface area is 155 Å². The zero-order valence-corrected chi connectivity index (χ0v) is 14.6. The van der Waals surface area contributed by atoms with Gasteiger partial charge in [-0.25, -0.2) is 4.39 Å². The number of amides is 3. The third kappa shape index (κ3) is 3.20. The SMILES string of the molecule is O=C(Cc1cccc(F)c1)N1CCC(N2C(=O)c3cccnc3C2=O)CC1. The molecule has 1 saturated heterocycles. The molecule has 2 aliphatic rings. The predicted octanol–water partition coefficient (Wildman–Crippen LogP) is 2.05. The maximum Gasteiger partial charge on any atom is 0.280 e. The Hall–Kier alpha value is -3.09. The highest BCUT2D eigenvalue weighted by Gasteiger charge is 2.42. The average Bonchev–Trinajstić information content (AvgIpc) is 2.93. The molecule has 0 N–H and O–H groups in total. The molecular formula is C20H18FN3O3. The second-order valence-electron chi connectivity index (χ2n) is 6.80. The highest BCUT2D eigenvalue weighted by Crippen LogP contribution is 2.27. The molecule has 2 aromatic rings. The van der Waals surface area contributed by atoms with E-state index in [0.717, 1.165) is 0 Å². The van der Waals surface area contributed by atoms with Crippen molar-refractivity contribution in [2.24, 2.45) is 0 Å². The number of halogens is 1. The van der Waals surface area contributed by atoms with E-state index in [-0.39, 0.29) is 41.7 Å². The summed E-state index contributed by atoms with van der Waals surface area (Å²) >= 11 is 0. The molecule has 0 atom stereocenters. The van der Waals surface area contributed by atoms with Crippen LogP contribution >= 0.6 is 0 Å². The number of pyridine rings is 1. The van der Waals surface area contributed by atoms with E-state index < -0.39 is 0 Å². The summed E-state index contributed by atoms with van der Waals surface area (Å²) in [5, 5.41) is 0. The van der Waals surface area contributed by atoms with E-state index in [9.17, 15) is 18.8 Å². The number of piperidine rings is 1. The van der Waals surface area contributed by atoms with Crippen LogP contribution in [-0.4, -0.2) is 51.6 Å². The number of fused-ring (bicyclic) bond motifs is 1. The lowest BCUT2D eigenvalue weighted by atomic mass is 10.0. The summed E-state index contributed by atoms with van der Waals surface area (Å²) in [6.45, 7) is 0.916. The average molecular weight is 367 g/mol. The minimum absolute atomic E-state index is 0.0805. The van der Waals surface area contributed by atoms with E-state index in [0.29, 0.717) is 37.1 Å². The predicted molar refractivity (Wildman–Crippen MR) is 94.4 cm³/mol. The highest BCUT2D eigenvalue weighted by atomic mass is 19.1. The molecule has 1 fully saturated rings. The molecule has 0 spiro atoms. The second-order valence-corrected chi connectivity index (χ2v) is 6.80. The second kappa shape index (κ2) is 6.90. The minimum Gasteiger partial charge on any atom is -0.342 e. The normalized spacial score (nSPS) is 17.4. The molecule has 4 rings (SSSR count). The van der Waals surface area contributed by atoms with Crippen molar-refractivity contribution in [2.75, 3.05) is 13.1 Å². The van der Waals surface area contributed by atoms with Gasteiger partial charge in [-0.05, 0) is 42.7 Å². The van der Waals surface area contributed by atoms with Crippen molar-refractivity contribution >= 4 is 17.7 Å². The zero-order chi connectivity index (χ0) is 19.0. The number of benzene rings is 1. The van der Waals surface area contributed by atoms with E-state index >= 15 is 0 Å². The van der Waals surface area contributed by atoms with Crippen molar-refractivity contribution in [3.63, 3.8) is 0 Å². The molecule has 2 aliphatic heterocycles. The maximum absolute atomic E-state index is 13.3. The highest BCUT2D eigenvalue weighted by molar-refractivity contribution is 6.20. The molecule has 0 radical (unpaired) electrons. The number of imide groups is 1. The van der Waals surface area contributed by atoms with Crippen LogP contribution in [0.25, 0.3) is 0 Å². The fourth-order valence-electron chi connectivity index (χ4n) is 3.72. The quantitative estimate of drug-likeness (QED) is 0.779. The number of nitrogens with zero attached hydrogens (tertiary/aromatic N) is 3. The Morgan fingerprint density at radius 3 is 2.59 bits per heavy atom. The fourth-order valence-corrected chi connectivity index (χ4v) is 3.72. The van der Waals surface area contributed by atoms with Crippen LogP contribution < -0.4 is 0 Å². The van der Waals surface area contributed by atoms with Gasteiger partial charge in [0.1, 0.15) is 11.5 Å². The first-order valence-electron chi connectivity index (χ1n) is 8.89. The third-order valence-electron chi connectivity index (χ3n) is 5.11. The van der Waals surface area contributed by atoms with Gasteiger partial charge in [0.25, 0.3) is 11.8 Å². The van der Waals surface area contributed by atoms with Crippen LogP contribution in [0.2, 0.25) is 0 Å². The molecule has 0 unspecified atom stereocenters. The first-order valence-corrected chi connectivity index (χ1v) is 8.89. The molecule has 7 heteroatoms. The van der Waals surface area contributed by atoms with Gasteiger partial charge in [0, 0.05) is 25.3 Å². The monoisotopic (exact) mass is 367 g/mol. The lowest BCUT2D eigenvalue weighted by molar-refractivity contribution is -0.131. The van der Waals surface area contributed by atoms with E-state index in [1.807, 2.05) is 0 Å². The fraction of sp³-hybridized carbons (Fsp3) is 0.300. The standard InChI is InChI=1S/C20H18FN3O3/c21-14-4-1-3-13(11-14)12-17(25)23-9-6-15(7-10-23)24-19(26)16-5-2-8-22-18(16)20(24)27/h1-5,8,11,15H,6-7,9-10,12H2. The Morgan fingerprint density at radius 1 is 1.11 bits per heavy atom. The van der Waals surface area contributed by atoms with Gasteiger partial charge >= 0.3 is 0 Å². The molecule has 0 saturated carbocycles. The van der Waals surface area contributed by atoms with Crippen LogP contribution in [-0.2, 0) is 11.2 Å². The van der Waals surface area contributed by atoms with Gasteiger partial charge in [0.2, 0.25) is 5.91 Å². The first-order chi connectivity index (χ1) is 13.0. The summed E-state index contributed by atoms with van der Waals surface area (Å²) < 4.78 is 13.3. The van der Waals surface area contributed by atoms with E-state index in [1.165, 1.54) is 23.2 Å². The smallest absolute Gasteiger partial charge is 0.280 e. The summed E-state index contributed by atoms with van der Waals surface area (Å²) in [5.41, 5.74) is 1.17. The third-order valence-corrected chi connectivity index (χ3v) is 5.11. The summed E-state index contributed by atoms with van der Waals surface area (Å²) in [7, 11) is 0. The Morgan fingerprint density at radius 2 is 1.89 bits per heavy atom. The Kier molecular flexibility index (Phi) is 4.43. The van der Waals surface area contributed by atoms with Crippen LogP contribution in [0.5, 0.6) is 0 Å². The van der Waals surface area contributed by atoms with Gasteiger partial charge in [0.15, 0.2) is 0 Å². The van der Waals surface area contributed by atoms with Crippen LogP contribution in [0, 0.1) is 5.82 Å². The van der Waals surface area contributed by atoms with Crippen molar-refractivity contribution in [3.05, 3.63) is 65.2 Å². The van der Waals surface area contributed by atoms with Crippen molar-refractivity contribution in [1.29, 1.82) is 0 Å². The molecular weight excluding hydrogens is 349 g/mol. The number of carbonyl (C=O) groups is 3. The van der Waals surface area contributed by atoms with Crippen LogP contribution in [0.3, 0.4) is 0 Å².